The number of nitrogen functional groups attached to an aromatic ring is 1. The van der Waals surface area contributed by atoms with Crippen LogP contribution in [0, 0.1) is 13.8 Å². The van der Waals surface area contributed by atoms with Gasteiger partial charge in [-0.15, -0.1) is 0 Å². The van der Waals surface area contributed by atoms with Gasteiger partial charge in [-0.25, -0.2) is 9.97 Å². The molecule has 0 fully saturated rings. The van der Waals surface area contributed by atoms with E-state index in [0.29, 0.717) is 17.3 Å². The standard InChI is InChI=1S/C14H13N5/c1-8-7-12(13-16-9(2)17-14(15)19-13)18-11-6-4-3-5-10(8)11/h3-7H,1-2H3,(H2,15,16,17,19). The molecule has 0 spiro atoms. The van der Waals surface area contributed by atoms with Crippen LogP contribution in [-0.4, -0.2) is 19.9 Å². The molecule has 0 saturated heterocycles. The zero-order chi connectivity index (χ0) is 13.4. The summed E-state index contributed by atoms with van der Waals surface area (Å²) >= 11 is 0. The van der Waals surface area contributed by atoms with E-state index < -0.39 is 0 Å². The molecule has 2 N–H and O–H groups in total. The van der Waals surface area contributed by atoms with E-state index in [9.17, 15) is 0 Å². The van der Waals surface area contributed by atoms with Gasteiger partial charge >= 0.3 is 0 Å². The van der Waals surface area contributed by atoms with Crippen molar-refractivity contribution < 1.29 is 0 Å². The van der Waals surface area contributed by atoms with Crippen LogP contribution in [0.1, 0.15) is 11.4 Å². The van der Waals surface area contributed by atoms with Crippen molar-refractivity contribution in [1.29, 1.82) is 0 Å². The number of nitrogens with two attached hydrogens (primary N) is 1. The SMILES string of the molecule is Cc1nc(N)nc(-c2cc(C)c3ccccc3n2)n1. The number of para-hydroxylation sites is 1. The normalized spacial score (nSPS) is 10.8. The number of rotatable bonds is 1. The van der Waals surface area contributed by atoms with E-state index in [1.165, 1.54) is 0 Å². The summed E-state index contributed by atoms with van der Waals surface area (Å²) in [5, 5.41) is 1.13. The van der Waals surface area contributed by atoms with Crippen LogP contribution in [0.3, 0.4) is 0 Å². The van der Waals surface area contributed by atoms with Gasteiger partial charge < -0.3 is 5.73 Å². The lowest BCUT2D eigenvalue weighted by Gasteiger charge is -2.06. The lowest BCUT2D eigenvalue weighted by molar-refractivity contribution is 0.989. The first-order chi connectivity index (χ1) is 9.13. The maximum absolute atomic E-state index is 5.66. The number of aryl methyl sites for hydroxylation is 2. The number of hydrogen-bond acceptors (Lipinski definition) is 5. The van der Waals surface area contributed by atoms with Gasteiger partial charge in [0.05, 0.1) is 5.52 Å². The average Bonchev–Trinajstić information content (AvgIpc) is 2.37. The lowest BCUT2D eigenvalue weighted by atomic mass is 10.1. The third-order valence-corrected chi connectivity index (χ3v) is 2.92. The van der Waals surface area contributed by atoms with Crippen molar-refractivity contribution in [2.75, 3.05) is 5.73 Å². The van der Waals surface area contributed by atoms with E-state index in [0.717, 1.165) is 16.5 Å². The second kappa shape index (κ2) is 4.28. The van der Waals surface area contributed by atoms with E-state index in [1.54, 1.807) is 6.92 Å². The molecule has 5 nitrogen and oxygen atoms in total. The second-order valence-corrected chi connectivity index (χ2v) is 4.41. The van der Waals surface area contributed by atoms with E-state index in [2.05, 4.69) is 26.0 Å². The van der Waals surface area contributed by atoms with Gasteiger partial charge in [0, 0.05) is 5.39 Å². The molecule has 0 bridgehead atoms. The lowest BCUT2D eigenvalue weighted by Crippen LogP contribution is -2.03. The maximum atomic E-state index is 5.66. The van der Waals surface area contributed by atoms with E-state index in [1.807, 2.05) is 31.2 Å². The minimum Gasteiger partial charge on any atom is -0.368 e. The molecule has 3 aromatic rings. The molecular weight excluding hydrogens is 238 g/mol. The van der Waals surface area contributed by atoms with Crippen molar-refractivity contribution in [2.45, 2.75) is 13.8 Å². The van der Waals surface area contributed by atoms with Crippen LogP contribution in [-0.2, 0) is 0 Å². The van der Waals surface area contributed by atoms with E-state index in [4.69, 9.17) is 5.73 Å². The molecule has 2 heterocycles. The number of aromatic nitrogens is 4. The molecule has 0 saturated carbocycles. The molecule has 0 aliphatic carbocycles. The number of nitrogens with zero attached hydrogens (tertiary/aromatic N) is 4. The molecule has 0 atom stereocenters. The second-order valence-electron chi connectivity index (χ2n) is 4.41. The topological polar surface area (TPSA) is 77.6 Å². The summed E-state index contributed by atoms with van der Waals surface area (Å²) in [7, 11) is 0. The summed E-state index contributed by atoms with van der Waals surface area (Å²) in [4.78, 5) is 17.0. The Morgan fingerprint density at radius 2 is 1.74 bits per heavy atom. The Morgan fingerprint density at radius 3 is 2.53 bits per heavy atom. The quantitative estimate of drug-likeness (QED) is 0.718. The Bertz CT molecular complexity index is 747. The van der Waals surface area contributed by atoms with Crippen molar-refractivity contribution in [3.63, 3.8) is 0 Å². The maximum Gasteiger partial charge on any atom is 0.223 e. The first-order valence-electron chi connectivity index (χ1n) is 5.98. The highest BCUT2D eigenvalue weighted by molar-refractivity contribution is 5.84. The third-order valence-electron chi connectivity index (χ3n) is 2.92. The van der Waals surface area contributed by atoms with Crippen molar-refractivity contribution in [2.24, 2.45) is 0 Å². The summed E-state index contributed by atoms with van der Waals surface area (Å²) in [5.41, 5.74) is 8.44. The smallest absolute Gasteiger partial charge is 0.223 e. The molecule has 5 heteroatoms. The van der Waals surface area contributed by atoms with Gasteiger partial charge in [-0.1, -0.05) is 18.2 Å². The van der Waals surface area contributed by atoms with Crippen LogP contribution in [0.15, 0.2) is 30.3 Å². The Morgan fingerprint density at radius 1 is 0.947 bits per heavy atom. The first kappa shape index (κ1) is 11.5. The number of fused-ring (bicyclic) bond motifs is 1. The molecular formula is C14H13N5. The summed E-state index contributed by atoms with van der Waals surface area (Å²) < 4.78 is 0. The molecule has 94 valence electrons. The van der Waals surface area contributed by atoms with Crippen LogP contribution < -0.4 is 5.73 Å². The zero-order valence-electron chi connectivity index (χ0n) is 10.8. The highest BCUT2D eigenvalue weighted by atomic mass is 15.1. The number of hydrogen-bond donors (Lipinski definition) is 1. The third kappa shape index (κ3) is 2.10. The Labute approximate surface area is 110 Å². The molecule has 19 heavy (non-hydrogen) atoms. The number of pyridine rings is 1. The molecule has 0 aliphatic rings. The predicted octanol–water partition coefficient (Wildman–Crippen LogP) is 2.29. The summed E-state index contributed by atoms with van der Waals surface area (Å²) in [5.74, 6) is 1.32. The van der Waals surface area contributed by atoms with Gasteiger partial charge in [-0.05, 0) is 31.5 Å². The fraction of sp³-hybridized carbons (Fsp3) is 0.143. The monoisotopic (exact) mass is 251 g/mol. The van der Waals surface area contributed by atoms with Crippen LogP contribution in [0.2, 0.25) is 0 Å². The molecule has 0 unspecified atom stereocenters. The summed E-state index contributed by atoms with van der Waals surface area (Å²) in [6, 6.07) is 9.96. The van der Waals surface area contributed by atoms with Crippen LogP contribution in [0.4, 0.5) is 5.95 Å². The molecule has 0 radical (unpaired) electrons. The van der Waals surface area contributed by atoms with E-state index in [-0.39, 0.29) is 5.95 Å². The van der Waals surface area contributed by atoms with Crippen LogP contribution in [0.25, 0.3) is 22.4 Å². The predicted molar refractivity (Wildman–Crippen MR) is 74.5 cm³/mol. The average molecular weight is 251 g/mol. The Hall–Kier alpha value is -2.56. The van der Waals surface area contributed by atoms with Gasteiger partial charge in [0.1, 0.15) is 11.5 Å². The van der Waals surface area contributed by atoms with E-state index >= 15 is 0 Å². The fourth-order valence-corrected chi connectivity index (χ4v) is 2.08. The largest absolute Gasteiger partial charge is 0.368 e. The van der Waals surface area contributed by atoms with Gasteiger partial charge in [0.25, 0.3) is 0 Å². The van der Waals surface area contributed by atoms with Crippen molar-refractivity contribution in [1.82, 2.24) is 19.9 Å². The van der Waals surface area contributed by atoms with Gasteiger partial charge in [-0.3, -0.25) is 0 Å². The molecule has 2 aromatic heterocycles. The summed E-state index contributed by atoms with van der Waals surface area (Å²) in [6.45, 7) is 3.83. The van der Waals surface area contributed by atoms with Gasteiger partial charge in [-0.2, -0.15) is 9.97 Å². The minimum absolute atomic E-state index is 0.218. The molecule has 3 rings (SSSR count). The summed E-state index contributed by atoms with van der Waals surface area (Å²) in [6.07, 6.45) is 0. The van der Waals surface area contributed by atoms with Crippen molar-refractivity contribution >= 4 is 16.9 Å². The van der Waals surface area contributed by atoms with Crippen LogP contribution in [0.5, 0.6) is 0 Å². The fourth-order valence-electron chi connectivity index (χ4n) is 2.08. The molecule has 0 amide bonds. The molecule has 0 aliphatic heterocycles. The van der Waals surface area contributed by atoms with Gasteiger partial charge in [0.2, 0.25) is 5.95 Å². The van der Waals surface area contributed by atoms with Crippen molar-refractivity contribution in [3.8, 4) is 11.5 Å². The number of anilines is 1. The zero-order valence-corrected chi connectivity index (χ0v) is 10.8. The minimum atomic E-state index is 0.218. The van der Waals surface area contributed by atoms with Crippen molar-refractivity contribution in [3.05, 3.63) is 41.7 Å². The Kier molecular flexibility index (Phi) is 2.59. The van der Waals surface area contributed by atoms with Crippen LogP contribution >= 0.6 is 0 Å². The number of benzene rings is 1. The molecule has 1 aromatic carbocycles. The first-order valence-corrected chi connectivity index (χ1v) is 5.98. The highest BCUT2D eigenvalue weighted by Gasteiger charge is 2.09. The van der Waals surface area contributed by atoms with Gasteiger partial charge in [0.15, 0.2) is 5.82 Å². The Balaban J connectivity index is 2.25. The highest BCUT2D eigenvalue weighted by Crippen LogP contribution is 2.22.